The van der Waals surface area contributed by atoms with Crippen molar-refractivity contribution in [2.24, 2.45) is 0 Å². The van der Waals surface area contributed by atoms with Crippen LogP contribution >= 0.6 is 0 Å². The molecule has 0 atom stereocenters. The van der Waals surface area contributed by atoms with Crippen molar-refractivity contribution in [3.63, 3.8) is 0 Å². The monoisotopic (exact) mass is 687 g/mol. The number of fused-ring (bicyclic) bond motifs is 10. The topological polar surface area (TPSA) is 16.4 Å². The summed E-state index contributed by atoms with van der Waals surface area (Å²) in [4.78, 5) is 2.37. The molecule has 0 N–H and O–H groups in total. The Morgan fingerprint density at radius 1 is 0.333 bits per heavy atom. The van der Waals surface area contributed by atoms with Crippen molar-refractivity contribution in [1.29, 1.82) is 0 Å². The summed E-state index contributed by atoms with van der Waals surface area (Å²) in [6.07, 6.45) is 0. The minimum atomic E-state index is 0.872. The van der Waals surface area contributed by atoms with Crippen molar-refractivity contribution in [3.05, 3.63) is 200 Å². The quantitative estimate of drug-likeness (QED) is 0.168. The highest BCUT2D eigenvalue weighted by molar-refractivity contribution is 6.23. The highest BCUT2D eigenvalue weighted by Gasteiger charge is 2.21. The maximum Gasteiger partial charge on any atom is 0.143 e. The lowest BCUT2D eigenvalue weighted by molar-refractivity contribution is 0.672. The zero-order valence-electron chi connectivity index (χ0n) is 29.4. The summed E-state index contributed by atoms with van der Waals surface area (Å²) < 4.78 is 6.66. The van der Waals surface area contributed by atoms with E-state index in [1.807, 2.05) is 0 Å². The Kier molecular flexibility index (Phi) is 6.90. The fourth-order valence-electron chi connectivity index (χ4n) is 8.49. The van der Waals surface area contributed by atoms with E-state index in [9.17, 15) is 0 Å². The molecule has 2 nitrogen and oxygen atoms in total. The molecule has 0 aliphatic carbocycles. The summed E-state index contributed by atoms with van der Waals surface area (Å²) in [5, 5.41) is 12.1. The van der Waals surface area contributed by atoms with Gasteiger partial charge in [-0.15, -0.1) is 0 Å². The lowest BCUT2D eigenvalue weighted by Gasteiger charge is -2.27. The van der Waals surface area contributed by atoms with Gasteiger partial charge in [-0.25, -0.2) is 0 Å². The molecule has 0 bridgehead atoms. The van der Waals surface area contributed by atoms with Gasteiger partial charge in [-0.1, -0.05) is 152 Å². The molecule has 54 heavy (non-hydrogen) atoms. The summed E-state index contributed by atoms with van der Waals surface area (Å²) >= 11 is 0. The normalized spacial score (nSPS) is 11.7. The molecule has 10 aromatic carbocycles. The maximum atomic E-state index is 6.66. The van der Waals surface area contributed by atoms with E-state index < -0.39 is 0 Å². The van der Waals surface area contributed by atoms with Crippen LogP contribution < -0.4 is 4.90 Å². The van der Waals surface area contributed by atoms with Crippen molar-refractivity contribution in [2.45, 2.75) is 0 Å². The lowest BCUT2D eigenvalue weighted by Crippen LogP contribution is -2.10. The molecule has 0 unspecified atom stereocenters. The number of hydrogen-bond acceptors (Lipinski definition) is 2. The van der Waals surface area contributed by atoms with Crippen LogP contribution in [0.15, 0.2) is 205 Å². The third kappa shape index (κ3) is 4.81. The van der Waals surface area contributed by atoms with Crippen LogP contribution in [0.3, 0.4) is 0 Å². The predicted molar refractivity (Wildman–Crippen MR) is 229 cm³/mol. The Morgan fingerprint density at radius 2 is 0.907 bits per heavy atom. The van der Waals surface area contributed by atoms with Crippen molar-refractivity contribution in [2.75, 3.05) is 4.90 Å². The third-order valence-electron chi connectivity index (χ3n) is 11.0. The van der Waals surface area contributed by atoms with Crippen LogP contribution in [-0.4, -0.2) is 0 Å². The van der Waals surface area contributed by atoms with Crippen molar-refractivity contribution in [1.82, 2.24) is 0 Å². The fourth-order valence-corrected chi connectivity index (χ4v) is 8.49. The molecule has 0 aliphatic heterocycles. The van der Waals surface area contributed by atoms with E-state index in [0.29, 0.717) is 0 Å². The van der Waals surface area contributed by atoms with E-state index >= 15 is 0 Å². The van der Waals surface area contributed by atoms with Gasteiger partial charge in [-0.2, -0.15) is 0 Å². The largest absolute Gasteiger partial charge is 0.455 e. The standard InChI is InChI=1S/C52H33NO/c1-2-11-34(12-3-1)35-23-28-40(29-24-35)53(48-19-10-20-49-51(48)46-32-27-37-14-5-7-16-43(37)52(46)54-49)41-30-25-38(26-31-41)47-33-39-22-21-36-13-4-6-15-42(36)50(39)45-18-9-8-17-44(45)47/h1-33H. The first-order chi connectivity index (χ1) is 26.8. The van der Waals surface area contributed by atoms with Crippen molar-refractivity contribution < 1.29 is 4.42 Å². The van der Waals surface area contributed by atoms with Crippen LogP contribution in [-0.2, 0) is 0 Å². The van der Waals surface area contributed by atoms with Crippen LogP contribution in [0.2, 0.25) is 0 Å². The molecular formula is C52H33NO. The van der Waals surface area contributed by atoms with Gasteiger partial charge in [0.1, 0.15) is 11.2 Å². The third-order valence-corrected chi connectivity index (χ3v) is 11.0. The molecule has 2 heteroatoms. The first-order valence-corrected chi connectivity index (χ1v) is 18.5. The van der Waals surface area contributed by atoms with E-state index in [1.54, 1.807) is 0 Å². The van der Waals surface area contributed by atoms with Gasteiger partial charge in [0.2, 0.25) is 0 Å². The summed E-state index contributed by atoms with van der Waals surface area (Å²) in [5.74, 6) is 0. The molecule has 11 aromatic rings. The lowest BCUT2D eigenvalue weighted by atomic mass is 9.90. The van der Waals surface area contributed by atoms with Gasteiger partial charge >= 0.3 is 0 Å². The smallest absolute Gasteiger partial charge is 0.143 e. The zero-order chi connectivity index (χ0) is 35.6. The molecular weight excluding hydrogens is 655 g/mol. The number of furan rings is 1. The van der Waals surface area contributed by atoms with E-state index in [-0.39, 0.29) is 0 Å². The van der Waals surface area contributed by atoms with E-state index in [0.717, 1.165) is 44.4 Å². The van der Waals surface area contributed by atoms with Gasteiger partial charge in [-0.3, -0.25) is 0 Å². The molecule has 0 amide bonds. The van der Waals surface area contributed by atoms with E-state index in [2.05, 4.69) is 205 Å². The van der Waals surface area contributed by atoms with Gasteiger partial charge < -0.3 is 9.32 Å². The Labute approximate surface area is 312 Å². The Bertz CT molecular complexity index is 3190. The molecule has 11 rings (SSSR count). The van der Waals surface area contributed by atoms with Crippen LogP contribution in [0.1, 0.15) is 0 Å². The summed E-state index contributed by atoms with van der Waals surface area (Å²) in [5.41, 5.74) is 9.81. The average Bonchev–Trinajstić information content (AvgIpc) is 3.64. The Hall–Kier alpha value is -7.16. The van der Waals surface area contributed by atoms with Crippen molar-refractivity contribution in [3.8, 4) is 22.3 Å². The maximum absolute atomic E-state index is 6.66. The van der Waals surface area contributed by atoms with Gasteiger partial charge in [0.05, 0.1) is 11.1 Å². The molecule has 0 saturated heterocycles. The fraction of sp³-hybridized carbons (Fsp3) is 0. The SMILES string of the molecule is c1ccc(-c2ccc(N(c3ccc(-c4cc5ccc6ccccc6c5c5ccccc45)cc3)c3cccc4oc5c6ccccc6ccc5c34)cc2)cc1. The highest BCUT2D eigenvalue weighted by Crippen LogP contribution is 2.45. The van der Waals surface area contributed by atoms with E-state index in [1.165, 1.54) is 60.0 Å². The molecule has 0 saturated carbocycles. The minimum Gasteiger partial charge on any atom is -0.455 e. The highest BCUT2D eigenvalue weighted by atomic mass is 16.3. The Morgan fingerprint density at radius 3 is 1.67 bits per heavy atom. The number of benzene rings is 10. The van der Waals surface area contributed by atoms with Crippen LogP contribution in [0.5, 0.6) is 0 Å². The zero-order valence-corrected chi connectivity index (χ0v) is 29.4. The molecule has 1 heterocycles. The number of rotatable bonds is 5. The second-order valence-electron chi connectivity index (χ2n) is 14.1. The summed E-state index contributed by atoms with van der Waals surface area (Å²) in [6.45, 7) is 0. The Balaban J connectivity index is 1.10. The minimum absolute atomic E-state index is 0.872. The number of anilines is 3. The molecule has 1 aromatic heterocycles. The number of hydrogen-bond donors (Lipinski definition) is 0. The molecule has 0 aliphatic rings. The first-order valence-electron chi connectivity index (χ1n) is 18.5. The molecule has 0 fully saturated rings. The first kappa shape index (κ1) is 30.5. The molecule has 0 radical (unpaired) electrons. The second kappa shape index (κ2) is 12.2. The van der Waals surface area contributed by atoms with Crippen LogP contribution in [0.4, 0.5) is 17.1 Å². The van der Waals surface area contributed by atoms with Gasteiger partial charge in [0.15, 0.2) is 0 Å². The van der Waals surface area contributed by atoms with Crippen LogP contribution in [0.25, 0.3) is 87.3 Å². The second-order valence-corrected chi connectivity index (χ2v) is 14.1. The predicted octanol–water partition coefficient (Wildman–Crippen LogP) is 15.0. The van der Waals surface area contributed by atoms with Gasteiger partial charge in [0, 0.05) is 22.1 Å². The van der Waals surface area contributed by atoms with Crippen molar-refractivity contribution >= 4 is 82.1 Å². The van der Waals surface area contributed by atoms with Gasteiger partial charge in [0.25, 0.3) is 0 Å². The average molecular weight is 688 g/mol. The van der Waals surface area contributed by atoms with Crippen LogP contribution in [0, 0.1) is 0 Å². The van der Waals surface area contributed by atoms with E-state index in [4.69, 9.17) is 4.42 Å². The molecule has 252 valence electrons. The van der Waals surface area contributed by atoms with Gasteiger partial charge in [-0.05, 0) is 108 Å². The summed E-state index contributed by atoms with van der Waals surface area (Å²) in [7, 11) is 0. The molecule has 0 spiro atoms. The summed E-state index contributed by atoms with van der Waals surface area (Å²) in [6, 6.07) is 72.2. The number of nitrogens with zero attached hydrogens (tertiary/aromatic N) is 1.